The molecule has 2 heterocycles. The Kier molecular flexibility index (Phi) is 11.4. The van der Waals surface area contributed by atoms with E-state index in [0.717, 1.165) is 31.0 Å². The first-order valence-corrected chi connectivity index (χ1v) is 16.8. The lowest BCUT2D eigenvalue weighted by molar-refractivity contribution is -0.897. The van der Waals surface area contributed by atoms with Crippen LogP contribution in [-0.2, 0) is 0 Å². The lowest BCUT2D eigenvalue weighted by Crippen LogP contribution is -2.41. The van der Waals surface area contributed by atoms with Gasteiger partial charge in [0.25, 0.3) is 5.91 Å². The number of hydrogen-bond donors (Lipinski definition) is 0. The highest BCUT2D eigenvalue weighted by Crippen LogP contribution is 2.30. The summed E-state index contributed by atoms with van der Waals surface area (Å²) >= 11 is 0. The second-order valence-electron chi connectivity index (χ2n) is 12.8. The van der Waals surface area contributed by atoms with Crippen LogP contribution in [0.4, 0.5) is 14.5 Å². The van der Waals surface area contributed by atoms with Crippen LogP contribution < -0.4 is 24.5 Å². The summed E-state index contributed by atoms with van der Waals surface area (Å²) in [5.74, 6) is -0.708. The van der Waals surface area contributed by atoms with Crippen molar-refractivity contribution in [1.82, 2.24) is 4.57 Å². The minimum absolute atomic E-state index is 0.0140. The molecule has 3 aromatic carbocycles. The second-order valence-corrected chi connectivity index (χ2v) is 12.8. The molecule has 4 aromatic rings. The van der Waals surface area contributed by atoms with E-state index in [0.29, 0.717) is 35.1 Å². The molecule has 0 spiro atoms. The van der Waals surface area contributed by atoms with E-state index in [4.69, 9.17) is 14.2 Å². The van der Waals surface area contributed by atoms with Crippen molar-refractivity contribution in [2.24, 2.45) is 0 Å². The standard InChI is InChI=1S/C38H46F2N3O5/c1-5-41(29-20-27(39)19-28(40)21-29)38(45)35-26-42(30-22-32(46-3)24-33(23-30)47-4)36-25-31(13-14-34(36)37(35)44)48-18-12-8-6-7-9-15-43(2)16-10-11-17-43/h13-14,19-26H,5-12,15-18H2,1-4H3/q+1. The molecule has 0 saturated carbocycles. The molecule has 5 rings (SSSR count). The summed E-state index contributed by atoms with van der Waals surface area (Å²) in [5.41, 5.74) is 0.438. The fourth-order valence-electron chi connectivity index (χ4n) is 6.61. The lowest BCUT2D eigenvalue weighted by atomic mass is 10.1. The molecule has 1 aromatic heterocycles. The van der Waals surface area contributed by atoms with Crippen molar-refractivity contribution in [3.8, 4) is 22.9 Å². The van der Waals surface area contributed by atoms with Crippen molar-refractivity contribution in [3.05, 3.63) is 88.2 Å². The van der Waals surface area contributed by atoms with Gasteiger partial charge in [0.2, 0.25) is 5.43 Å². The highest BCUT2D eigenvalue weighted by Gasteiger charge is 2.26. The van der Waals surface area contributed by atoms with E-state index < -0.39 is 23.0 Å². The molecule has 48 heavy (non-hydrogen) atoms. The van der Waals surface area contributed by atoms with Crippen LogP contribution in [0.1, 0.15) is 62.2 Å². The molecule has 10 heteroatoms. The van der Waals surface area contributed by atoms with Gasteiger partial charge in [-0.15, -0.1) is 0 Å². The number of rotatable bonds is 15. The molecule has 0 atom stereocenters. The number of carbonyl (C=O) groups is 1. The Labute approximate surface area is 281 Å². The van der Waals surface area contributed by atoms with E-state index in [1.54, 1.807) is 47.9 Å². The monoisotopic (exact) mass is 662 g/mol. The number of aromatic nitrogens is 1. The first-order valence-electron chi connectivity index (χ1n) is 16.8. The molecule has 1 amide bonds. The third-order valence-electron chi connectivity index (χ3n) is 9.30. The molecule has 1 aliphatic heterocycles. The number of ether oxygens (including phenoxy) is 3. The zero-order valence-electron chi connectivity index (χ0n) is 28.4. The smallest absolute Gasteiger partial charge is 0.263 e. The first kappa shape index (κ1) is 34.9. The van der Waals surface area contributed by atoms with E-state index in [-0.39, 0.29) is 23.2 Å². The number of quaternary nitrogens is 1. The highest BCUT2D eigenvalue weighted by atomic mass is 19.1. The molecule has 1 aliphatic rings. The average Bonchev–Trinajstić information content (AvgIpc) is 3.51. The van der Waals surface area contributed by atoms with Gasteiger partial charge in [-0.3, -0.25) is 9.59 Å². The van der Waals surface area contributed by atoms with Crippen molar-refractivity contribution in [1.29, 1.82) is 0 Å². The topological polar surface area (TPSA) is 70.0 Å². The van der Waals surface area contributed by atoms with Crippen LogP contribution in [0, 0.1) is 11.6 Å². The summed E-state index contributed by atoms with van der Waals surface area (Å²) in [4.78, 5) is 29.0. The maximum absolute atomic E-state index is 14.1. The quantitative estimate of drug-likeness (QED) is 0.0973. The number of halogens is 2. The number of methoxy groups -OCH3 is 2. The average molecular weight is 663 g/mol. The minimum Gasteiger partial charge on any atom is -0.497 e. The number of anilines is 1. The Morgan fingerprint density at radius 3 is 2.15 bits per heavy atom. The molecule has 1 fully saturated rings. The number of hydrogen-bond acceptors (Lipinski definition) is 5. The van der Waals surface area contributed by atoms with E-state index in [1.807, 2.05) is 0 Å². The third kappa shape index (κ3) is 8.16. The molecule has 0 N–H and O–H groups in total. The van der Waals surface area contributed by atoms with Crippen molar-refractivity contribution in [2.75, 3.05) is 59.0 Å². The van der Waals surface area contributed by atoms with Gasteiger partial charge in [0, 0.05) is 67.0 Å². The van der Waals surface area contributed by atoms with Crippen molar-refractivity contribution in [3.63, 3.8) is 0 Å². The van der Waals surface area contributed by atoms with Crippen molar-refractivity contribution >= 4 is 22.5 Å². The SMILES string of the molecule is CCN(C(=O)c1cn(-c2cc(OC)cc(OC)c2)c2cc(OCCCCCCC[N+]3(C)CCCC3)ccc2c1=O)c1cc(F)cc(F)c1. The Hall–Kier alpha value is -4.44. The molecule has 0 bridgehead atoms. The Morgan fingerprint density at radius 2 is 1.50 bits per heavy atom. The van der Waals surface area contributed by atoms with Gasteiger partial charge >= 0.3 is 0 Å². The highest BCUT2D eigenvalue weighted by molar-refractivity contribution is 6.07. The number of benzene rings is 3. The lowest BCUT2D eigenvalue weighted by Gasteiger charge is -2.29. The van der Waals surface area contributed by atoms with Gasteiger partial charge in [0.1, 0.15) is 34.4 Å². The summed E-state index contributed by atoms with van der Waals surface area (Å²) in [5, 5.41) is 0.283. The van der Waals surface area contributed by atoms with Gasteiger partial charge in [0.15, 0.2) is 0 Å². The minimum atomic E-state index is -0.823. The van der Waals surface area contributed by atoms with Crippen LogP contribution >= 0.6 is 0 Å². The first-order chi connectivity index (χ1) is 23.1. The molecule has 1 saturated heterocycles. The second kappa shape index (κ2) is 15.6. The molecule has 8 nitrogen and oxygen atoms in total. The third-order valence-corrected chi connectivity index (χ3v) is 9.30. The fraction of sp³-hybridized carbons (Fsp3) is 0.421. The molecule has 256 valence electrons. The predicted octanol–water partition coefficient (Wildman–Crippen LogP) is 7.52. The molecule has 0 radical (unpaired) electrons. The van der Waals surface area contributed by atoms with Crippen LogP contribution in [0.5, 0.6) is 17.2 Å². The maximum Gasteiger partial charge on any atom is 0.263 e. The summed E-state index contributed by atoms with van der Waals surface area (Å²) in [6, 6.07) is 13.3. The van der Waals surface area contributed by atoms with Crippen LogP contribution in [0.25, 0.3) is 16.6 Å². The Morgan fingerprint density at radius 1 is 0.854 bits per heavy atom. The van der Waals surface area contributed by atoms with Gasteiger partial charge in [-0.05, 0) is 50.5 Å². The molecule has 0 unspecified atom stereocenters. The largest absolute Gasteiger partial charge is 0.497 e. The van der Waals surface area contributed by atoms with Gasteiger partial charge in [-0.2, -0.15) is 0 Å². The van der Waals surface area contributed by atoms with Gasteiger partial charge in [0.05, 0.1) is 58.7 Å². The number of amides is 1. The molecule has 0 aliphatic carbocycles. The van der Waals surface area contributed by atoms with E-state index in [2.05, 4.69) is 7.05 Å². The van der Waals surface area contributed by atoms with Crippen LogP contribution in [0.15, 0.2) is 65.6 Å². The van der Waals surface area contributed by atoms with Gasteiger partial charge < -0.3 is 28.2 Å². The van der Waals surface area contributed by atoms with E-state index in [9.17, 15) is 18.4 Å². The predicted molar refractivity (Wildman–Crippen MR) is 185 cm³/mol. The van der Waals surface area contributed by atoms with Crippen molar-refractivity contribution < 1.29 is 32.3 Å². The fourth-order valence-corrected chi connectivity index (χ4v) is 6.61. The number of carbonyl (C=O) groups excluding carboxylic acids is 1. The summed E-state index contributed by atoms with van der Waals surface area (Å²) in [7, 11) is 5.45. The molecular weight excluding hydrogens is 616 g/mol. The maximum atomic E-state index is 14.1. The van der Waals surface area contributed by atoms with Crippen LogP contribution in [0.3, 0.4) is 0 Å². The normalized spacial score (nSPS) is 13.9. The number of unbranched alkanes of at least 4 members (excludes halogenated alkanes) is 4. The van der Waals surface area contributed by atoms with Crippen molar-refractivity contribution in [2.45, 2.75) is 51.9 Å². The number of nitrogens with zero attached hydrogens (tertiary/aromatic N) is 3. The Balaban J connectivity index is 1.41. The molecular formula is C38H46F2N3O5+. The summed E-state index contributed by atoms with van der Waals surface area (Å²) < 4.78 is 48.3. The zero-order valence-corrected chi connectivity index (χ0v) is 28.4. The number of fused-ring (bicyclic) bond motifs is 1. The van der Waals surface area contributed by atoms with Gasteiger partial charge in [-0.1, -0.05) is 12.8 Å². The Bertz CT molecular complexity index is 1760. The number of pyridine rings is 1. The summed E-state index contributed by atoms with van der Waals surface area (Å²) in [6.45, 7) is 6.18. The zero-order chi connectivity index (χ0) is 34.3. The number of likely N-dealkylation sites (tertiary alicyclic amines) is 1. The summed E-state index contributed by atoms with van der Waals surface area (Å²) in [6.07, 6.45) is 9.81. The van der Waals surface area contributed by atoms with Gasteiger partial charge in [-0.25, -0.2) is 8.78 Å². The van der Waals surface area contributed by atoms with Crippen LogP contribution in [-0.4, -0.2) is 69.0 Å². The van der Waals surface area contributed by atoms with E-state index in [1.165, 1.54) is 81.5 Å². The van der Waals surface area contributed by atoms with Crippen LogP contribution in [0.2, 0.25) is 0 Å². The van der Waals surface area contributed by atoms with E-state index >= 15 is 0 Å².